The van der Waals surface area contributed by atoms with E-state index in [0.29, 0.717) is 6.42 Å². The predicted octanol–water partition coefficient (Wildman–Crippen LogP) is 2.82. The lowest BCUT2D eigenvalue weighted by molar-refractivity contribution is -0.0989. The fourth-order valence-corrected chi connectivity index (χ4v) is 3.39. The predicted molar refractivity (Wildman–Crippen MR) is 65.3 cm³/mol. The summed E-state index contributed by atoms with van der Waals surface area (Å²) >= 11 is 0. The first kappa shape index (κ1) is 10.8. The van der Waals surface area contributed by atoms with E-state index in [1.807, 2.05) is 6.92 Å². The number of nitrogens with zero attached hydrogens (tertiary/aromatic N) is 1. The molecule has 0 aromatic heterocycles. The maximum absolute atomic E-state index is 11.0. The van der Waals surface area contributed by atoms with Gasteiger partial charge < -0.3 is 5.11 Å². The highest BCUT2D eigenvalue weighted by Gasteiger charge is 2.57. The average molecular weight is 227 g/mol. The maximum Gasteiger partial charge on any atom is 0.109 e. The lowest BCUT2D eigenvalue weighted by atomic mass is 9.57. The average Bonchev–Trinajstić information content (AvgIpc) is 2.57. The molecule has 3 rings (SSSR count). The number of aliphatic hydroxyl groups is 1. The van der Waals surface area contributed by atoms with Crippen LogP contribution in [0.3, 0.4) is 0 Å². The number of nitriles is 1. The van der Waals surface area contributed by atoms with Crippen LogP contribution < -0.4 is 0 Å². The van der Waals surface area contributed by atoms with Crippen LogP contribution in [0.5, 0.6) is 0 Å². The van der Waals surface area contributed by atoms with E-state index in [1.54, 1.807) is 0 Å². The molecule has 0 aliphatic heterocycles. The van der Waals surface area contributed by atoms with Crippen LogP contribution in [0.15, 0.2) is 18.2 Å². The van der Waals surface area contributed by atoms with Crippen molar-refractivity contribution in [1.29, 1.82) is 5.26 Å². The second kappa shape index (κ2) is 3.34. The molecule has 88 valence electrons. The molecule has 2 aliphatic rings. The highest BCUT2D eigenvalue weighted by atomic mass is 16.3. The molecular weight excluding hydrogens is 210 g/mol. The van der Waals surface area contributed by atoms with Crippen molar-refractivity contribution in [3.8, 4) is 6.07 Å². The van der Waals surface area contributed by atoms with Crippen molar-refractivity contribution in [1.82, 2.24) is 0 Å². The molecule has 1 aromatic rings. The minimum Gasteiger partial charge on any atom is -0.383 e. The van der Waals surface area contributed by atoms with Gasteiger partial charge >= 0.3 is 0 Å². The smallest absolute Gasteiger partial charge is 0.109 e. The van der Waals surface area contributed by atoms with Gasteiger partial charge in [-0.15, -0.1) is 0 Å². The molecule has 1 saturated carbocycles. The van der Waals surface area contributed by atoms with Crippen molar-refractivity contribution in [2.45, 2.75) is 44.6 Å². The Morgan fingerprint density at radius 3 is 2.65 bits per heavy atom. The van der Waals surface area contributed by atoms with E-state index >= 15 is 0 Å². The Morgan fingerprint density at radius 2 is 2.06 bits per heavy atom. The zero-order chi connectivity index (χ0) is 12.1. The normalized spacial score (nSPS) is 29.2. The minimum absolute atomic E-state index is 0.522. The van der Waals surface area contributed by atoms with Crippen LogP contribution in [-0.4, -0.2) is 5.11 Å². The van der Waals surface area contributed by atoms with Crippen molar-refractivity contribution in [3.05, 3.63) is 34.9 Å². The van der Waals surface area contributed by atoms with Crippen molar-refractivity contribution in [2.24, 2.45) is 5.41 Å². The molecule has 0 bridgehead atoms. The third kappa shape index (κ3) is 1.23. The van der Waals surface area contributed by atoms with Crippen LogP contribution in [0.4, 0.5) is 0 Å². The molecule has 0 radical (unpaired) electrons. The Balaban J connectivity index is 2.13. The van der Waals surface area contributed by atoms with Crippen LogP contribution in [0.1, 0.15) is 42.4 Å². The van der Waals surface area contributed by atoms with Crippen molar-refractivity contribution in [2.75, 3.05) is 0 Å². The number of fused-ring (bicyclic) bond motifs is 1. The molecule has 2 heteroatoms. The third-order valence-corrected chi connectivity index (χ3v) is 4.68. The lowest BCUT2D eigenvalue weighted by Crippen LogP contribution is -2.48. The highest BCUT2D eigenvalue weighted by molar-refractivity contribution is 5.43. The van der Waals surface area contributed by atoms with Crippen LogP contribution in [0.25, 0.3) is 0 Å². The second-order valence-corrected chi connectivity index (χ2v) is 5.57. The number of hydrogen-bond acceptors (Lipinski definition) is 2. The second-order valence-electron chi connectivity index (χ2n) is 5.57. The lowest BCUT2D eigenvalue weighted by Gasteiger charge is -2.47. The maximum atomic E-state index is 11.0. The monoisotopic (exact) mass is 227 g/mol. The van der Waals surface area contributed by atoms with Gasteiger partial charge in [0.1, 0.15) is 5.60 Å². The first-order valence-electron chi connectivity index (χ1n) is 6.35. The van der Waals surface area contributed by atoms with Gasteiger partial charge in [0.05, 0.1) is 11.5 Å². The van der Waals surface area contributed by atoms with Crippen LogP contribution in [0, 0.1) is 23.7 Å². The summed E-state index contributed by atoms with van der Waals surface area (Å²) < 4.78 is 0. The summed E-state index contributed by atoms with van der Waals surface area (Å²) in [5, 5.41) is 20.5. The molecule has 1 atom stereocenters. The summed E-state index contributed by atoms with van der Waals surface area (Å²) in [4.78, 5) is 0. The van der Waals surface area contributed by atoms with Gasteiger partial charge in [0, 0.05) is 0 Å². The fraction of sp³-hybridized carbons (Fsp3) is 0.533. The quantitative estimate of drug-likeness (QED) is 0.801. The molecule has 0 heterocycles. The summed E-state index contributed by atoms with van der Waals surface area (Å²) in [5.74, 6) is 0. The summed E-state index contributed by atoms with van der Waals surface area (Å²) in [7, 11) is 0. The minimum atomic E-state index is -0.901. The molecule has 2 aliphatic carbocycles. The van der Waals surface area contributed by atoms with Gasteiger partial charge in [-0.3, -0.25) is 0 Å². The Bertz CT molecular complexity index is 510. The molecule has 2 nitrogen and oxygen atoms in total. The van der Waals surface area contributed by atoms with Gasteiger partial charge in [0.25, 0.3) is 0 Å². The highest BCUT2D eigenvalue weighted by Crippen LogP contribution is 2.58. The van der Waals surface area contributed by atoms with E-state index in [-0.39, 0.29) is 0 Å². The molecule has 1 N–H and O–H groups in total. The molecule has 0 saturated heterocycles. The van der Waals surface area contributed by atoms with E-state index in [0.717, 1.165) is 36.8 Å². The SMILES string of the molecule is Cc1ccc2c(c1)C(O)(C1(C#N)CCC1)CC2. The van der Waals surface area contributed by atoms with Crippen LogP contribution in [-0.2, 0) is 12.0 Å². The molecule has 0 amide bonds. The van der Waals surface area contributed by atoms with E-state index in [2.05, 4.69) is 24.3 Å². The Hall–Kier alpha value is -1.33. The van der Waals surface area contributed by atoms with E-state index in [4.69, 9.17) is 0 Å². The molecule has 1 unspecified atom stereocenters. The Labute approximate surface area is 102 Å². The van der Waals surface area contributed by atoms with Crippen molar-refractivity contribution < 1.29 is 5.11 Å². The number of aryl methyl sites for hydroxylation is 2. The van der Waals surface area contributed by atoms with Crippen LogP contribution >= 0.6 is 0 Å². The van der Waals surface area contributed by atoms with Gasteiger partial charge in [-0.2, -0.15) is 5.26 Å². The number of hydrogen-bond donors (Lipinski definition) is 1. The molecule has 17 heavy (non-hydrogen) atoms. The van der Waals surface area contributed by atoms with E-state index < -0.39 is 11.0 Å². The summed E-state index contributed by atoms with van der Waals surface area (Å²) in [6.07, 6.45) is 4.35. The molecule has 1 aromatic carbocycles. The molecule has 0 spiro atoms. The van der Waals surface area contributed by atoms with Gasteiger partial charge in [-0.1, -0.05) is 30.2 Å². The zero-order valence-electron chi connectivity index (χ0n) is 10.2. The van der Waals surface area contributed by atoms with Gasteiger partial charge in [-0.05, 0) is 43.7 Å². The standard InChI is InChI=1S/C15H17NO/c1-11-3-4-12-5-8-15(17,13(12)9-11)14(10-16)6-2-7-14/h3-4,9,17H,2,5-8H2,1H3. The molecule has 1 fully saturated rings. The van der Waals surface area contributed by atoms with Crippen molar-refractivity contribution >= 4 is 0 Å². The van der Waals surface area contributed by atoms with Gasteiger partial charge in [0.2, 0.25) is 0 Å². The Kier molecular flexibility index (Phi) is 2.12. The van der Waals surface area contributed by atoms with E-state index in [1.165, 1.54) is 5.56 Å². The fourth-order valence-electron chi connectivity index (χ4n) is 3.39. The number of rotatable bonds is 1. The third-order valence-electron chi connectivity index (χ3n) is 4.68. The summed E-state index contributed by atoms with van der Waals surface area (Å²) in [5.41, 5.74) is 1.97. The number of benzene rings is 1. The summed E-state index contributed by atoms with van der Waals surface area (Å²) in [6.45, 7) is 2.04. The molecular formula is C15H17NO. The van der Waals surface area contributed by atoms with Crippen LogP contribution in [0.2, 0.25) is 0 Å². The first-order chi connectivity index (χ1) is 8.11. The largest absolute Gasteiger partial charge is 0.383 e. The zero-order valence-corrected chi connectivity index (χ0v) is 10.2. The summed E-state index contributed by atoms with van der Waals surface area (Å²) in [6, 6.07) is 8.67. The van der Waals surface area contributed by atoms with E-state index in [9.17, 15) is 10.4 Å². The Morgan fingerprint density at radius 1 is 1.29 bits per heavy atom. The van der Waals surface area contributed by atoms with Gasteiger partial charge in [-0.25, -0.2) is 0 Å². The topological polar surface area (TPSA) is 44.0 Å². The van der Waals surface area contributed by atoms with Crippen molar-refractivity contribution in [3.63, 3.8) is 0 Å². The van der Waals surface area contributed by atoms with Gasteiger partial charge in [0.15, 0.2) is 0 Å². The first-order valence-corrected chi connectivity index (χ1v) is 6.35.